The van der Waals surface area contributed by atoms with Crippen LogP contribution in [0.1, 0.15) is 37.1 Å². The number of likely N-dealkylation sites (tertiary alicyclic amines) is 1. The zero-order valence-corrected chi connectivity index (χ0v) is 13.5. The van der Waals surface area contributed by atoms with Crippen molar-refractivity contribution in [2.75, 3.05) is 13.1 Å². The Kier molecular flexibility index (Phi) is 7.98. The molecule has 1 aromatic heterocycles. The smallest absolute Gasteiger partial charge is 0.208 e. The van der Waals surface area contributed by atoms with Gasteiger partial charge in [0, 0.05) is 12.6 Å². The highest BCUT2D eigenvalue weighted by molar-refractivity contribution is 5.85. The van der Waals surface area contributed by atoms with Gasteiger partial charge in [0.15, 0.2) is 0 Å². The van der Waals surface area contributed by atoms with Crippen LogP contribution in [0.2, 0.25) is 0 Å². The number of nitrogens with two attached hydrogens (primary N) is 1. The summed E-state index contributed by atoms with van der Waals surface area (Å²) in [5.74, 6) is 2.54. The van der Waals surface area contributed by atoms with Gasteiger partial charge in [0.1, 0.15) is 5.76 Å². The Labute approximate surface area is 127 Å². The maximum Gasteiger partial charge on any atom is 0.208 e. The maximum absolute atomic E-state index is 5.85. The van der Waals surface area contributed by atoms with E-state index >= 15 is 0 Å². The van der Waals surface area contributed by atoms with E-state index in [0.717, 1.165) is 42.9 Å². The summed E-state index contributed by atoms with van der Waals surface area (Å²) in [5, 5.41) is 0. The van der Waals surface area contributed by atoms with Gasteiger partial charge in [0.25, 0.3) is 0 Å². The van der Waals surface area contributed by atoms with E-state index in [-0.39, 0.29) is 24.8 Å². The number of oxazole rings is 1. The van der Waals surface area contributed by atoms with E-state index in [2.05, 4.69) is 16.8 Å². The van der Waals surface area contributed by atoms with Gasteiger partial charge in [-0.2, -0.15) is 0 Å². The van der Waals surface area contributed by atoms with Crippen LogP contribution in [0.5, 0.6) is 0 Å². The van der Waals surface area contributed by atoms with Crippen LogP contribution in [0.25, 0.3) is 0 Å². The van der Waals surface area contributed by atoms with Crippen LogP contribution in [0.4, 0.5) is 0 Å². The van der Waals surface area contributed by atoms with Gasteiger partial charge in [0.2, 0.25) is 5.89 Å². The molecule has 1 aliphatic rings. The third-order valence-corrected chi connectivity index (χ3v) is 3.78. The van der Waals surface area contributed by atoms with Crippen molar-refractivity contribution < 1.29 is 4.42 Å². The summed E-state index contributed by atoms with van der Waals surface area (Å²) >= 11 is 0. The van der Waals surface area contributed by atoms with Crippen molar-refractivity contribution in [3.05, 3.63) is 17.3 Å². The largest absolute Gasteiger partial charge is 0.444 e. The van der Waals surface area contributed by atoms with Crippen molar-refractivity contribution in [1.82, 2.24) is 9.88 Å². The first-order valence-electron chi connectivity index (χ1n) is 6.47. The zero-order valence-electron chi connectivity index (χ0n) is 11.9. The van der Waals surface area contributed by atoms with Gasteiger partial charge >= 0.3 is 0 Å². The van der Waals surface area contributed by atoms with Gasteiger partial charge in [-0.25, -0.2) is 4.98 Å². The topological polar surface area (TPSA) is 55.3 Å². The average Bonchev–Trinajstić information content (AvgIpc) is 2.60. The Balaban J connectivity index is 0.00000162. The van der Waals surface area contributed by atoms with E-state index in [1.54, 1.807) is 0 Å². The van der Waals surface area contributed by atoms with Crippen LogP contribution >= 0.6 is 24.8 Å². The molecule has 1 fully saturated rings. The maximum atomic E-state index is 5.85. The SMILES string of the molecule is Cc1nc(CN2CCC(C)CC2CN)oc1C.Cl.Cl. The molecule has 0 bridgehead atoms. The number of hydrogen-bond donors (Lipinski definition) is 1. The van der Waals surface area contributed by atoms with Gasteiger partial charge in [-0.15, -0.1) is 24.8 Å². The lowest BCUT2D eigenvalue weighted by molar-refractivity contribution is 0.105. The van der Waals surface area contributed by atoms with Gasteiger partial charge in [-0.3, -0.25) is 4.90 Å². The number of nitrogens with zero attached hydrogens (tertiary/aromatic N) is 2. The highest BCUT2D eigenvalue weighted by atomic mass is 35.5. The van der Waals surface area contributed by atoms with Gasteiger partial charge < -0.3 is 10.2 Å². The first-order chi connectivity index (χ1) is 8.10. The molecule has 1 aromatic rings. The van der Waals surface area contributed by atoms with Crippen molar-refractivity contribution in [2.45, 2.75) is 46.2 Å². The van der Waals surface area contributed by atoms with E-state index in [1.165, 1.54) is 12.8 Å². The summed E-state index contributed by atoms with van der Waals surface area (Å²) in [6.45, 7) is 8.88. The van der Waals surface area contributed by atoms with Crippen LogP contribution in [0, 0.1) is 19.8 Å². The molecule has 0 aliphatic carbocycles. The van der Waals surface area contributed by atoms with Crippen molar-refractivity contribution in [2.24, 2.45) is 11.7 Å². The first kappa shape index (κ1) is 18.7. The molecule has 2 atom stereocenters. The summed E-state index contributed by atoms with van der Waals surface area (Å²) in [4.78, 5) is 6.85. The van der Waals surface area contributed by atoms with Gasteiger partial charge in [-0.1, -0.05) is 6.92 Å². The number of rotatable bonds is 3. The number of aryl methyl sites for hydroxylation is 2. The molecule has 1 saturated heterocycles. The molecule has 112 valence electrons. The minimum absolute atomic E-state index is 0. The van der Waals surface area contributed by atoms with Crippen LogP contribution < -0.4 is 5.73 Å². The average molecular weight is 310 g/mol. The quantitative estimate of drug-likeness (QED) is 0.932. The molecule has 0 amide bonds. The lowest BCUT2D eigenvalue weighted by Gasteiger charge is -2.37. The number of halogens is 2. The standard InChI is InChI=1S/C13H23N3O.2ClH/c1-9-4-5-16(12(6-9)7-14)8-13-15-10(2)11(3)17-13;;/h9,12H,4-8,14H2,1-3H3;2*1H. The molecule has 0 radical (unpaired) electrons. The van der Waals surface area contributed by atoms with Gasteiger partial charge in [-0.05, 0) is 39.2 Å². The molecular formula is C13H25Cl2N3O. The second-order valence-electron chi connectivity index (χ2n) is 5.24. The number of piperidine rings is 1. The third kappa shape index (κ3) is 4.63. The van der Waals surface area contributed by atoms with Crippen LogP contribution in [0.3, 0.4) is 0 Å². The first-order valence-corrected chi connectivity index (χ1v) is 6.47. The van der Waals surface area contributed by atoms with E-state index in [9.17, 15) is 0 Å². The Morgan fingerprint density at radius 1 is 1.37 bits per heavy atom. The molecule has 6 heteroatoms. The van der Waals surface area contributed by atoms with E-state index < -0.39 is 0 Å². The predicted molar refractivity (Wildman–Crippen MR) is 82.1 cm³/mol. The van der Waals surface area contributed by atoms with Crippen molar-refractivity contribution in [3.63, 3.8) is 0 Å². The second-order valence-corrected chi connectivity index (χ2v) is 5.24. The Bertz CT molecular complexity index is 364. The molecule has 2 unspecified atom stereocenters. The summed E-state index contributed by atoms with van der Waals surface area (Å²) in [6.07, 6.45) is 2.43. The fraction of sp³-hybridized carbons (Fsp3) is 0.769. The molecule has 19 heavy (non-hydrogen) atoms. The highest BCUT2D eigenvalue weighted by Crippen LogP contribution is 2.23. The zero-order chi connectivity index (χ0) is 12.4. The number of aromatic nitrogens is 1. The van der Waals surface area contributed by atoms with Gasteiger partial charge in [0.05, 0.1) is 12.2 Å². The molecule has 2 rings (SSSR count). The summed E-state index contributed by atoms with van der Waals surface area (Å²) < 4.78 is 5.64. The fourth-order valence-corrected chi connectivity index (χ4v) is 2.53. The van der Waals surface area contributed by atoms with Crippen LogP contribution in [-0.2, 0) is 6.54 Å². The Hall–Kier alpha value is -0.290. The minimum Gasteiger partial charge on any atom is -0.444 e. The van der Waals surface area contributed by atoms with Crippen LogP contribution in [-0.4, -0.2) is 29.0 Å². The van der Waals surface area contributed by atoms with E-state index in [0.29, 0.717) is 6.04 Å². The lowest BCUT2D eigenvalue weighted by Crippen LogP contribution is -2.45. The van der Waals surface area contributed by atoms with Crippen LogP contribution in [0.15, 0.2) is 4.42 Å². The molecule has 2 heterocycles. The molecule has 0 aromatic carbocycles. The highest BCUT2D eigenvalue weighted by Gasteiger charge is 2.26. The second kappa shape index (κ2) is 8.10. The minimum atomic E-state index is 0. The molecule has 0 spiro atoms. The van der Waals surface area contributed by atoms with Crippen molar-refractivity contribution >= 4 is 24.8 Å². The lowest BCUT2D eigenvalue weighted by atomic mass is 9.92. The van der Waals surface area contributed by atoms with Crippen molar-refractivity contribution in [3.8, 4) is 0 Å². The number of hydrogen-bond acceptors (Lipinski definition) is 4. The summed E-state index contributed by atoms with van der Waals surface area (Å²) in [7, 11) is 0. The molecule has 2 N–H and O–H groups in total. The third-order valence-electron chi connectivity index (χ3n) is 3.78. The Morgan fingerprint density at radius 3 is 2.58 bits per heavy atom. The Morgan fingerprint density at radius 2 is 2.05 bits per heavy atom. The monoisotopic (exact) mass is 309 g/mol. The molecular weight excluding hydrogens is 285 g/mol. The predicted octanol–water partition coefficient (Wildman–Crippen LogP) is 2.69. The summed E-state index contributed by atoms with van der Waals surface area (Å²) in [6, 6.07) is 0.478. The van der Waals surface area contributed by atoms with Crippen molar-refractivity contribution in [1.29, 1.82) is 0 Å². The summed E-state index contributed by atoms with van der Waals surface area (Å²) in [5.41, 5.74) is 6.85. The van der Waals surface area contributed by atoms with E-state index in [1.807, 2.05) is 13.8 Å². The molecule has 0 saturated carbocycles. The molecule has 1 aliphatic heterocycles. The molecule has 4 nitrogen and oxygen atoms in total. The van der Waals surface area contributed by atoms with E-state index in [4.69, 9.17) is 10.2 Å². The normalized spacial score (nSPS) is 23.6. The fourth-order valence-electron chi connectivity index (χ4n) is 2.53.